The fourth-order valence-corrected chi connectivity index (χ4v) is 2.32. The van der Waals surface area contributed by atoms with Crippen molar-refractivity contribution >= 4 is 5.97 Å². The lowest BCUT2D eigenvalue weighted by Gasteiger charge is -2.19. The molecule has 2 aromatic rings. The van der Waals surface area contributed by atoms with Crippen LogP contribution in [0.25, 0.3) is 0 Å². The fraction of sp³-hybridized carbons (Fsp3) is 0.316. The molecule has 4 heteroatoms. The van der Waals surface area contributed by atoms with Crippen LogP contribution in [0.15, 0.2) is 48.7 Å². The molecule has 1 atom stereocenters. The van der Waals surface area contributed by atoms with Crippen molar-refractivity contribution in [1.82, 2.24) is 4.98 Å². The maximum Gasteiger partial charge on any atom is 0.338 e. The van der Waals surface area contributed by atoms with Crippen LogP contribution in [0.5, 0.6) is 0 Å². The van der Waals surface area contributed by atoms with Crippen LogP contribution in [0.4, 0.5) is 0 Å². The third-order valence-corrected chi connectivity index (χ3v) is 3.40. The summed E-state index contributed by atoms with van der Waals surface area (Å²) in [5, 5.41) is 8.77. The SMILES string of the molecule is CC(C)C[C@@H](OC(=O)c1cccc(CC#N)c1)c1ccccn1. The van der Waals surface area contributed by atoms with E-state index in [2.05, 4.69) is 24.9 Å². The third kappa shape index (κ3) is 4.93. The van der Waals surface area contributed by atoms with Crippen molar-refractivity contribution in [2.75, 3.05) is 0 Å². The van der Waals surface area contributed by atoms with Gasteiger partial charge >= 0.3 is 5.97 Å². The lowest BCUT2D eigenvalue weighted by molar-refractivity contribution is 0.0237. The summed E-state index contributed by atoms with van der Waals surface area (Å²) < 4.78 is 5.68. The Hall–Kier alpha value is -2.67. The van der Waals surface area contributed by atoms with Gasteiger partial charge in [0.15, 0.2) is 0 Å². The van der Waals surface area contributed by atoms with Crippen molar-refractivity contribution in [3.8, 4) is 6.07 Å². The van der Waals surface area contributed by atoms with Gasteiger partial charge in [-0.2, -0.15) is 5.26 Å². The van der Waals surface area contributed by atoms with Gasteiger partial charge < -0.3 is 4.74 Å². The van der Waals surface area contributed by atoms with E-state index in [-0.39, 0.29) is 18.5 Å². The zero-order valence-corrected chi connectivity index (χ0v) is 13.4. The minimum atomic E-state index is -0.388. The number of ether oxygens (including phenoxy) is 1. The Bertz CT molecular complexity index is 690. The molecule has 1 heterocycles. The summed E-state index contributed by atoms with van der Waals surface area (Å²) in [6.07, 6.45) is 2.31. The van der Waals surface area contributed by atoms with Crippen LogP contribution in [-0.2, 0) is 11.2 Å². The molecule has 23 heavy (non-hydrogen) atoms. The number of benzene rings is 1. The maximum atomic E-state index is 12.4. The van der Waals surface area contributed by atoms with Gasteiger partial charge in [-0.25, -0.2) is 4.79 Å². The lowest BCUT2D eigenvalue weighted by Crippen LogP contribution is -2.15. The molecule has 2 rings (SSSR count). The summed E-state index contributed by atoms with van der Waals surface area (Å²) in [5.74, 6) is -0.0131. The topological polar surface area (TPSA) is 63.0 Å². The summed E-state index contributed by atoms with van der Waals surface area (Å²) in [7, 11) is 0. The number of nitriles is 1. The second-order valence-electron chi connectivity index (χ2n) is 5.81. The second kappa shape index (κ2) is 8.09. The van der Waals surface area contributed by atoms with Crippen molar-refractivity contribution in [3.05, 3.63) is 65.5 Å². The molecule has 0 radical (unpaired) electrons. The van der Waals surface area contributed by atoms with Crippen molar-refractivity contribution < 1.29 is 9.53 Å². The Balaban J connectivity index is 2.17. The number of nitrogens with zero attached hydrogens (tertiary/aromatic N) is 2. The molecular formula is C19H20N2O2. The Morgan fingerprint density at radius 2 is 2.09 bits per heavy atom. The molecule has 0 fully saturated rings. The molecule has 0 spiro atoms. The number of pyridine rings is 1. The van der Waals surface area contributed by atoms with E-state index in [1.165, 1.54) is 0 Å². The van der Waals surface area contributed by atoms with Gasteiger partial charge in [0, 0.05) is 6.20 Å². The Morgan fingerprint density at radius 1 is 1.26 bits per heavy atom. The van der Waals surface area contributed by atoms with Gasteiger partial charge in [-0.05, 0) is 42.2 Å². The monoisotopic (exact) mass is 308 g/mol. The average molecular weight is 308 g/mol. The van der Waals surface area contributed by atoms with E-state index in [4.69, 9.17) is 10.00 Å². The van der Waals surface area contributed by atoms with E-state index in [1.807, 2.05) is 24.3 Å². The molecule has 4 nitrogen and oxygen atoms in total. The summed E-state index contributed by atoms with van der Waals surface area (Å²) in [5.41, 5.74) is 2.02. The first-order valence-corrected chi connectivity index (χ1v) is 7.68. The normalized spacial score (nSPS) is 11.7. The molecule has 0 aliphatic heterocycles. The largest absolute Gasteiger partial charge is 0.452 e. The highest BCUT2D eigenvalue weighted by atomic mass is 16.5. The average Bonchev–Trinajstić information content (AvgIpc) is 2.55. The number of hydrogen-bond acceptors (Lipinski definition) is 4. The second-order valence-corrected chi connectivity index (χ2v) is 5.81. The molecule has 0 N–H and O–H groups in total. The Labute approximate surface area is 136 Å². The maximum absolute atomic E-state index is 12.4. The summed E-state index contributed by atoms with van der Waals surface area (Å²) in [6, 6.07) is 14.7. The highest BCUT2D eigenvalue weighted by molar-refractivity contribution is 5.89. The lowest BCUT2D eigenvalue weighted by atomic mass is 10.0. The first-order chi connectivity index (χ1) is 11.1. The van der Waals surface area contributed by atoms with Crippen LogP contribution in [0, 0.1) is 17.2 Å². The van der Waals surface area contributed by atoms with Crippen LogP contribution in [0.3, 0.4) is 0 Å². The van der Waals surface area contributed by atoms with Crippen LogP contribution in [0.2, 0.25) is 0 Å². The molecule has 0 amide bonds. The van der Waals surface area contributed by atoms with Gasteiger partial charge in [0.1, 0.15) is 6.10 Å². The fourth-order valence-electron chi connectivity index (χ4n) is 2.32. The highest BCUT2D eigenvalue weighted by Crippen LogP contribution is 2.25. The van der Waals surface area contributed by atoms with Crippen molar-refractivity contribution in [3.63, 3.8) is 0 Å². The predicted molar refractivity (Wildman–Crippen MR) is 87.6 cm³/mol. The van der Waals surface area contributed by atoms with Crippen LogP contribution >= 0.6 is 0 Å². The van der Waals surface area contributed by atoms with Crippen LogP contribution in [0.1, 0.15) is 48.0 Å². The van der Waals surface area contributed by atoms with E-state index in [9.17, 15) is 4.79 Å². The number of aromatic nitrogens is 1. The van der Waals surface area contributed by atoms with E-state index in [0.29, 0.717) is 17.9 Å². The van der Waals surface area contributed by atoms with Gasteiger partial charge in [-0.3, -0.25) is 4.98 Å². The van der Waals surface area contributed by atoms with Gasteiger partial charge in [0.25, 0.3) is 0 Å². The van der Waals surface area contributed by atoms with Crippen LogP contribution in [-0.4, -0.2) is 11.0 Å². The highest BCUT2D eigenvalue weighted by Gasteiger charge is 2.20. The number of rotatable bonds is 6. The molecule has 0 unspecified atom stereocenters. The van der Waals surface area contributed by atoms with Gasteiger partial charge in [-0.15, -0.1) is 0 Å². The number of carbonyl (C=O) groups is 1. The molecule has 118 valence electrons. The standard InChI is InChI=1S/C19H20N2O2/c1-14(2)12-18(17-8-3-4-11-21-17)23-19(22)16-7-5-6-15(13-16)9-10-20/h3-8,11,13-14,18H,9,12H2,1-2H3/t18-/m1/s1. The zero-order chi connectivity index (χ0) is 16.7. The first kappa shape index (κ1) is 16.7. The van der Waals surface area contributed by atoms with Gasteiger partial charge in [0.2, 0.25) is 0 Å². The quantitative estimate of drug-likeness (QED) is 0.754. The molecule has 1 aromatic heterocycles. The number of hydrogen-bond donors (Lipinski definition) is 0. The minimum Gasteiger partial charge on any atom is -0.452 e. The van der Waals surface area contributed by atoms with Gasteiger partial charge in [-0.1, -0.05) is 32.0 Å². The molecule has 1 aromatic carbocycles. The zero-order valence-electron chi connectivity index (χ0n) is 13.4. The Kier molecular flexibility index (Phi) is 5.87. The first-order valence-electron chi connectivity index (χ1n) is 7.68. The molecule has 0 aliphatic carbocycles. The van der Waals surface area contributed by atoms with Crippen molar-refractivity contribution in [2.45, 2.75) is 32.8 Å². The third-order valence-electron chi connectivity index (χ3n) is 3.40. The summed E-state index contributed by atoms with van der Waals surface area (Å²) in [6.45, 7) is 4.16. The smallest absolute Gasteiger partial charge is 0.338 e. The van der Waals surface area contributed by atoms with Crippen molar-refractivity contribution in [1.29, 1.82) is 5.26 Å². The molecule has 0 bridgehead atoms. The van der Waals surface area contributed by atoms with Crippen LogP contribution < -0.4 is 0 Å². The van der Waals surface area contributed by atoms with E-state index in [1.54, 1.807) is 24.4 Å². The van der Waals surface area contributed by atoms with E-state index < -0.39 is 0 Å². The molecule has 0 saturated carbocycles. The predicted octanol–water partition coefficient (Wildman–Crippen LogP) is 4.09. The molecular weight excluding hydrogens is 288 g/mol. The Morgan fingerprint density at radius 3 is 2.74 bits per heavy atom. The van der Waals surface area contributed by atoms with Gasteiger partial charge in [0.05, 0.1) is 23.7 Å². The van der Waals surface area contributed by atoms with Crippen molar-refractivity contribution in [2.24, 2.45) is 5.92 Å². The van der Waals surface area contributed by atoms with E-state index in [0.717, 1.165) is 11.3 Å². The number of carbonyl (C=O) groups excluding carboxylic acids is 1. The number of esters is 1. The summed E-state index contributed by atoms with van der Waals surface area (Å²) in [4.78, 5) is 16.7. The molecule has 0 saturated heterocycles. The summed E-state index contributed by atoms with van der Waals surface area (Å²) >= 11 is 0. The van der Waals surface area contributed by atoms with E-state index >= 15 is 0 Å². The molecule has 0 aliphatic rings. The minimum absolute atomic E-state index is 0.275.